The van der Waals surface area contributed by atoms with Crippen LogP contribution in [-0.2, 0) is 13.0 Å². The number of aryl methyl sites for hydroxylation is 3. The van der Waals surface area contributed by atoms with Gasteiger partial charge in [0.15, 0.2) is 4.77 Å². The van der Waals surface area contributed by atoms with Crippen molar-refractivity contribution in [3.8, 4) is 0 Å². The second-order valence-electron chi connectivity index (χ2n) is 3.78. The quantitative estimate of drug-likeness (QED) is 0.811. The normalized spacial score (nSPS) is 10.6. The molecule has 0 aliphatic rings. The van der Waals surface area contributed by atoms with Gasteiger partial charge in [0.25, 0.3) is 0 Å². The van der Waals surface area contributed by atoms with Crippen molar-refractivity contribution in [2.24, 2.45) is 0 Å². The molecule has 0 bridgehead atoms. The summed E-state index contributed by atoms with van der Waals surface area (Å²) in [7, 11) is 0. The second kappa shape index (κ2) is 4.61. The van der Waals surface area contributed by atoms with E-state index in [-0.39, 0.29) is 5.82 Å². The molecule has 1 heterocycles. The van der Waals surface area contributed by atoms with Gasteiger partial charge in [-0.3, -0.25) is 0 Å². The van der Waals surface area contributed by atoms with Gasteiger partial charge in [-0.2, -0.15) is 0 Å². The molecule has 0 unspecified atom stereocenters. The van der Waals surface area contributed by atoms with Gasteiger partial charge in [-0.1, -0.05) is 18.2 Å². The van der Waals surface area contributed by atoms with Crippen LogP contribution in [0.5, 0.6) is 0 Å². The molecular formula is C12H13FN2S. The molecule has 1 aromatic carbocycles. The summed E-state index contributed by atoms with van der Waals surface area (Å²) >= 11 is 5.13. The van der Waals surface area contributed by atoms with Gasteiger partial charge in [0.05, 0.1) is 0 Å². The first-order valence-corrected chi connectivity index (χ1v) is 5.57. The summed E-state index contributed by atoms with van der Waals surface area (Å²) in [4.78, 5) is 3.04. The van der Waals surface area contributed by atoms with Crippen molar-refractivity contribution in [2.75, 3.05) is 0 Å². The van der Waals surface area contributed by atoms with Crippen molar-refractivity contribution >= 4 is 12.2 Å². The number of aromatic nitrogens is 2. The number of hydrogen-bond acceptors (Lipinski definition) is 1. The van der Waals surface area contributed by atoms with Gasteiger partial charge in [0.1, 0.15) is 5.82 Å². The number of rotatable bonds is 3. The molecule has 0 aliphatic heterocycles. The number of H-pyrrole nitrogens is 1. The van der Waals surface area contributed by atoms with Crippen LogP contribution in [0.25, 0.3) is 0 Å². The third-order valence-electron chi connectivity index (χ3n) is 2.49. The van der Waals surface area contributed by atoms with Crippen LogP contribution in [0.15, 0.2) is 30.5 Å². The van der Waals surface area contributed by atoms with E-state index in [0.717, 1.165) is 11.3 Å². The summed E-state index contributed by atoms with van der Waals surface area (Å²) < 4.78 is 16.0. The van der Waals surface area contributed by atoms with Crippen LogP contribution in [0.2, 0.25) is 0 Å². The van der Waals surface area contributed by atoms with Crippen molar-refractivity contribution in [3.63, 3.8) is 0 Å². The molecule has 4 heteroatoms. The Hall–Kier alpha value is -1.42. The van der Waals surface area contributed by atoms with Crippen LogP contribution >= 0.6 is 12.2 Å². The van der Waals surface area contributed by atoms with Gasteiger partial charge in [-0.25, -0.2) is 4.39 Å². The average molecular weight is 236 g/mol. The Labute approximate surface area is 98.7 Å². The van der Waals surface area contributed by atoms with Gasteiger partial charge in [0.2, 0.25) is 0 Å². The van der Waals surface area contributed by atoms with Gasteiger partial charge >= 0.3 is 0 Å². The molecule has 0 amide bonds. The van der Waals surface area contributed by atoms with E-state index in [1.54, 1.807) is 12.1 Å². The zero-order valence-corrected chi connectivity index (χ0v) is 9.85. The van der Waals surface area contributed by atoms with Gasteiger partial charge in [0, 0.05) is 18.4 Å². The Balaban J connectivity index is 2.11. The highest BCUT2D eigenvalue weighted by Crippen LogP contribution is 2.08. The van der Waals surface area contributed by atoms with Crippen molar-refractivity contribution in [1.29, 1.82) is 0 Å². The van der Waals surface area contributed by atoms with E-state index < -0.39 is 0 Å². The van der Waals surface area contributed by atoms with Gasteiger partial charge in [-0.05, 0) is 37.2 Å². The lowest BCUT2D eigenvalue weighted by atomic mass is 10.1. The molecule has 16 heavy (non-hydrogen) atoms. The summed E-state index contributed by atoms with van der Waals surface area (Å²) in [5, 5.41) is 0. The van der Waals surface area contributed by atoms with E-state index in [4.69, 9.17) is 12.2 Å². The lowest BCUT2D eigenvalue weighted by molar-refractivity contribution is 0.592. The zero-order chi connectivity index (χ0) is 11.5. The highest BCUT2D eigenvalue weighted by Gasteiger charge is 2.02. The number of benzene rings is 1. The maximum Gasteiger partial charge on any atom is 0.177 e. The van der Waals surface area contributed by atoms with E-state index in [1.165, 1.54) is 6.07 Å². The predicted molar refractivity (Wildman–Crippen MR) is 64.5 cm³/mol. The number of imidazole rings is 1. The molecule has 0 aliphatic carbocycles. The van der Waals surface area contributed by atoms with Crippen molar-refractivity contribution in [3.05, 3.63) is 52.3 Å². The highest BCUT2D eigenvalue weighted by molar-refractivity contribution is 7.71. The minimum Gasteiger partial charge on any atom is -0.335 e. The first-order valence-electron chi connectivity index (χ1n) is 5.16. The monoisotopic (exact) mass is 236 g/mol. The molecule has 84 valence electrons. The third kappa shape index (κ3) is 2.39. The third-order valence-corrected chi connectivity index (χ3v) is 2.83. The SMILES string of the molecule is Cc1cn(CCc2ccccc2F)c(=S)[nH]1. The van der Waals surface area contributed by atoms with Crippen molar-refractivity contribution in [2.45, 2.75) is 19.9 Å². The molecule has 0 radical (unpaired) electrons. The van der Waals surface area contributed by atoms with Crippen LogP contribution in [0.1, 0.15) is 11.3 Å². The second-order valence-corrected chi connectivity index (χ2v) is 4.16. The summed E-state index contributed by atoms with van der Waals surface area (Å²) in [5.41, 5.74) is 1.75. The smallest absolute Gasteiger partial charge is 0.177 e. The summed E-state index contributed by atoms with van der Waals surface area (Å²) in [6.45, 7) is 2.65. The van der Waals surface area contributed by atoms with Crippen molar-refractivity contribution < 1.29 is 4.39 Å². The topological polar surface area (TPSA) is 20.7 Å². The number of halogens is 1. The Kier molecular flexibility index (Phi) is 3.19. The van der Waals surface area contributed by atoms with Crippen LogP contribution in [0.4, 0.5) is 4.39 Å². The van der Waals surface area contributed by atoms with Gasteiger partial charge in [-0.15, -0.1) is 0 Å². The fraction of sp³-hybridized carbons (Fsp3) is 0.250. The van der Waals surface area contributed by atoms with Crippen LogP contribution in [0.3, 0.4) is 0 Å². The molecular weight excluding hydrogens is 223 g/mol. The summed E-state index contributed by atoms with van der Waals surface area (Å²) in [5.74, 6) is -0.152. The van der Waals surface area contributed by atoms with Crippen molar-refractivity contribution in [1.82, 2.24) is 9.55 Å². The Bertz CT molecular complexity index is 542. The molecule has 0 spiro atoms. The Morgan fingerprint density at radius 1 is 1.38 bits per heavy atom. The fourth-order valence-electron chi connectivity index (χ4n) is 1.67. The Morgan fingerprint density at radius 3 is 2.75 bits per heavy atom. The highest BCUT2D eigenvalue weighted by atomic mass is 32.1. The standard InChI is InChI=1S/C12H13FN2S/c1-9-8-15(12(16)14-9)7-6-10-4-2-3-5-11(10)13/h2-5,8H,6-7H2,1H3,(H,14,16). The molecule has 1 aromatic heterocycles. The number of nitrogens with zero attached hydrogens (tertiary/aromatic N) is 1. The first-order chi connectivity index (χ1) is 7.66. The molecule has 2 rings (SSSR count). The van der Waals surface area contributed by atoms with Gasteiger partial charge < -0.3 is 9.55 Å². The van der Waals surface area contributed by atoms with E-state index in [1.807, 2.05) is 23.8 Å². The predicted octanol–water partition coefficient (Wildman–Crippen LogP) is 3.24. The Morgan fingerprint density at radius 2 is 2.12 bits per heavy atom. The lowest BCUT2D eigenvalue weighted by Crippen LogP contribution is -2.01. The fourth-order valence-corrected chi connectivity index (χ4v) is 1.98. The minimum atomic E-state index is -0.152. The van der Waals surface area contributed by atoms with E-state index in [2.05, 4.69) is 4.98 Å². The number of nitrogens with one attached hydrogen (secondary N) is 1. The molecule has 0 atom stereocenters. The maximum atomic E-state index is 13.4. The summed E-state index contributed by atoms with van der Waals surface area (Å²) in [6.07, 6.45) is 2.60. The molecule has 0 saturated heterocycles. The molecule has 1 N–H and O–H groups in total. The van der Waals surface area contributed by atoms with Crippen LogP contribution < -0.4 is 0 Å². The molecule has 2 nitrogen and oxygen atoms in total. The first kappa shape index (κ1) is 11.1. The minimum absolute atomic E-state index is 0.152. The maximum absolute atomic E-state index is 13.4. The van der Waals surface area contributed by atoms with Crippen LogP contribution in [-0.4, -0.2) is 9.55 Å². The van der Waals surface area contributed by atoms with E-state index in [0.29, 0.717) is 17.7 Å². The average Bonchev–Trinajstić information content (AvgIpc) is 2.56. The molecule has 0 saturated carbocycles. The lowest BCUT2D eigenvalue weighted by Gasteiger charge is -2.03. The largest absolute Gasteiger partial charge is 0.335 e. The van der Waals surface area contributed by atoms with E-state index in [9.17, 15) is 4.39 Å². The number of aromatic amines is 1. The van der Waals surface area contributed by atoms with Crippen LogP contribution in [0, 0.1) is 17.5 Å². The summed E-state index contributed by atoms with van der Waals surface area (Å²) in [6, 6.07) is 6.83. The molecule has 2 aromatic rings. The number of hydrogen-bond donors (Lipinski definition) is 1. The van der Waals surface area contributed by atoms with E-state index >= 15 is 0 Å². The zero-order valence-electron chi connectivity index (χ0n) is 9.03. The molecule has 0 fully saturated rings.